The average molecular weight is 364 g/mol. The summed E-state index contributed by atoms with van der Waals surface area (Å²) in [6.07, 6.45) is 0.175. The van der Waals surface area contributed by atoms with E-state index in [1.54, 1.807) is 13.0 Å². The molecule has 1 amide bonds. The number of carbonyl (C=O) groups excluding carboxylic acids is 2. The van der Waals surface area contributed by atoms with Crippen molar-refractivity contribution in [3.63, 3.8) is 0 Å². The number of amides is 1. The van der Waals surface area contributed by atoms with E-state index in [1.807, 2.05) is 0 Å². The van der Waals surface area contributed by atoms with Gasteiger partial charge in [0.2, 0.25) is 0 Å². The van der Waals surface area contributed by atoms with Gasteiger partial charge in [0.25, 0.3) is 11.6 Å². The van der Waals surface area contributed by atoms with E-state index in [9.17, 15) is 19.7 Å². The van der Waals surface area contributed by atoms with Crippen molar-refractivity contribution in [1.82, 2.24) is 4.98 Å². The molecule has 0 bridgehead atoms. The zero-order valence-electron chi connectivity index (χ0n) is 13.4. The van der Waals surface area contributed by atoms with Gasteiger partial charge in [-0.15, -0.1) is 0 Å². The van der Waals surface area contributed by atoms with Gasteiger partial charge in [0, 0.05) is 12.3 Å². The van der Waals surface area contributed by atoms with Crippen molar-refractivity contribution in [2.75, 3.05) is 5.32 Å². The fraction of sp³-hybridized carbons (Fsp3) is 0.188. The molecule has 1 aromatic carbocycles. The Hall–Kier alpha value is -3.00. The summed E-state index contributed by atoms with van der Waals surface area (Å²) in [5.41, 5.74) is -0.181. The number of hydrogen-bond donors (Lipinski definition) is 1. The minimum atomic E-state index is -1.18. The third kappa shape index (κ3) is 4.51. The molecule has 9 heteroatoms. The van der Waals surface area contributed by atoms with Crippen molar-refractivity contribution < 1.29 is 19.2 Å². The summed E-state index contributed by atoms with van der Waals surface area (Å²) in [6, 6.07) is 7.24. The van der Waals surface area contributed by atoms with Gasteiger partial charge >= 0.3 is 5.97 Å². The summed E-state index contributed by atoms with van der Waals surface area (Å²) in [7, 11) is 0. The molecule has 1 atom stereocenters. The summed E-state index contributed by atoms with van der Waals surface area (Å²) < 4.78 is 5.06. The van der Waals surface area contributed by atoms with Gasteiger partial charge in [0.05, 0.1) is 9.95 Å². The van der Waals surface area contributed by atoms with E-state index in [2.05, 4.69) is 10.3 Å². The standard InChI is InChI=1S/C16H14ClN3O5/c1-9-4-3-5-12(20(23)24)14(9)16(22)25-10(2)15(21)19-13-7-6-11(17)8-18-13/h3-8,10H,1-2H3,(H,18,19,21). The van der Waals surface area contributed by atoms with Crippen molar-refractivity contribution in [1.29, 1.82) is 0 Å². The molecule has 8 nitrogen and oxygen atoms in total. The Labute approximate surface area is 147 Å². The van der Waals surface area contributed by atoms with Crippen LogP contribution >= 0.6 is 11.6 Å². The Morgan fingerprint density at radius 3 is 2.64 bits per heavy atom. The van der Waals surface area contributed by atoms with Crippen molar-refractivity contribution in [3.8, 4) is 0 Å². The quantitative estimate of drug-likeness (QED) is 0.496. The molecule has 0 radical (unpaired) electrons. The highest BCUT2D eigenvalue weighted by Crippen LogP contribution is 2.23. The minimum Gasteiger partial charge on any atom is -0.449 e. The molecule has 0 saturated heterocycles. The molecule has 2 aromatic rings. The van der Waals surface area contributed by atoms with Gasteiger partial charge in [-0.05, 0) is 31.5 Å². The number of pyridine rings is 1. The van der Waals surface area contributed by atoms with E-state index < -0.39 is 22.9 Å². The summed E-state index contributed by atoms with van der Waals surface area (Å²) >= 11 is 5.70. The first kappa shape index (κ1) is 18.3. The molecule has 1 heterocycles. The number of nitrogens with one attached hydrogen (secondary N) is 1. The number of halogens is 1. The van der Waals surface area contributed by atoms with Crippen LogP contribution in [0.5, 0.6) is 0 Å². The number of nitrogens with zero attached hydrogens (tertiary/aromatic N) is 2. The lowest BCUT2D eigenvalue weighted by Gasteiger charge is -2.14. The lowest BCUT2D eigenvalue weighted by atomic mass is 10.1. The van der Waals surface area contributed by atoms with Crippen LogP contribution in [0.2, 0.25) is 5.02 Å². The van der Waals surface area contributed by atoms with Crippen molar-refractivity contribution >= 4 is 35.0 Å². The molecule has 0 saturated carbocycles. The van der Waals surface area contributed by atoms with Crippen LogP contribution in [0.25, 0.3) is 0 Å². The van der Waals surface area contributed by atoms with Crippen LogP contribution in [0.4, 0.5) is 11.5 Å². The van der Waals surface area contributed by atoms with Crippen LogP contribution in [-0.2, 0) is 9.53 Å². The number of rotatable bonds is 5. The molecular formula is C16H14ClN3O5. The molecule has 2 rings (SSSR count). The van der Waals surface area contributed by atoms with Gasteiger partial charge < -0.3 is 10.1 Å². The molecule has 25 heavy (non-hydrogen) atoms. The summed E-state index contributed by atoms with van der Waals surface area (Å²) in [5.74, 6) is -1.34. The second-order valence-electron chi connectivity index (χ2n) is 5.12. The summed E-state index contributed by atoms with van der Waals surface area (Å²) in [5, 5.41) is 13.9. The maximum atomic E-state index is 12.3. The number of benzene rings is 1. The van der Waals surface area contributed by atoms with E-state index >= 15 is 0 Å². The molecule has 0 spiro atoms. The van der Waals surface area contributed by atoms with Crippen molar-refractivity contribution in [2.45, 2.75) is 20.0 Å². The van der Waals surface area contributed by atoms with Gasteiger partial charge in [-0.3, -0.25) is 14.9 Å². The molecule has 1 N–H and O–H groups in total. The number of aromatic nitrogens is 1. The maximum Gasteiger partial charge on any atom is 0.346 e. The molecular weight excluding hydrogens is 350 g/mol. The van der Waals surface area contributed by atoms with Gasteiger partial charge in [0.1, 0.15) is 11.4 Å². The lowest BCUT2D eigenvalue weighted by molar-refractivity contribution is -0.385. The van der Waals surface area contributed by atoms with Crippen LogP contribution < -0.4 is 5.32 Å². The lowest BCUT2D eigenvalue weighted by Crippen LogP contribution is -2.30. The smallest absolute Gasteiger partial charge is 0.346 e. The minimum absolute atomic E-state index is 0.184. The van der Waals surface area contributed by atoms with Crippen LogP contribution in [-0.4, -0.2) is 27.9 Å². The zero-order valence-corrected chi connectivity index (χ0v) is 14.1. The number of anilines is 1. The predicted molar refractivity (Wildman–Crippen MR) is 90.6 cm³/mol. The monoisotopic (exact) mass is 363 g/mol. The Morgan fingerprint density at radius 2 is 2.04 bits per heavy atom. The zero-order chi connectivity index (χ0) is 18.6. The molecule has 0 fully saturated rings. The topological polar surface area (TPSA) is 111 Å². The first-order valence-electron chi connectivity index (χ1n) is 7.17. The second kappa shape index (κ2) is 7.71. The first-order valence-corrected chi connectivity index (χ1v) is 7.54. The summed E-state index contributed by atoms with van der Waals surface area (Å²) in [4.78, 5) is 38.6. The number of carbonyl (C=O) groups is 2. The number of nitro benzene ring substituents is 1. The Bertz CT molecular complexity index is 823. The largest absolute Gasteiger partial charge is 0.449 e. The van der Waals surface area contributed by atoms with Gasteiger partial charge in [-0.2, -0.15) is 0 Å². The molecule has 0 aliphatic carbocycles. The fourth-order valence-electron chi connectivity index (χ4n) is 2.02. The van der Waals surface area contributed by atoms with Crippen LogP contribution in [0.1, 0.15) is 22.8 Å². The highest BCUT2D eigenvalue weighted by atomic mass is 35.5. The van der Waals surface area contributed by atoms with E-state index in [0.717, 1.165) is 0 Å². The van der Waals surface area contributed by atoms with Crippen molar-refractivity contribution in [3.05, 3.63) is 62.8 Å². The Kier molecular flexibility index (Phi) is 5.66. The van der Waals surface area contributed by atoms with Gasteiger partial charge in [-0.1, -0.05) is 23.7 Å². The third-order valence-corrected chi connectivity index (χ3v) is 3.51. The molecule has 1 aromatic heterocycles. The maximum absolute atomic E-state index is 12.3. The normalized spacial score (nSPS) is 11.5. The Morgan fingerprint density at radius 1 is 1.32 bits per heavy atom. The van der Waals surface area contributed by atoms with E-state index in [1.165, 1.54) is 37.4 Å². The second-order valence-corrected chi connectivity index (χ2v) is 5.56. The van der Waals surface area contributed by atoms with Crippen LogP contribution in [0, 0.1) is 17.0 Å². The van der Waals surface area contributed by atoms with E-state index in [0.29, 0.717) is 10.6 Å². The average Bonchev–Trinajstić information content (AvgIpc) is 2.56. The molecule has 130 valence electrons. The number of hydrogen-bond acceptors (Lipinski definition) is 6. The number of nitro groups is 1. The Balaban J connectivity index is 2.11. The number of esters is 1. The molecule has 1 unspecified atom stereocenters. The molecule has 0 aliphatic rings. The fourth-order valence-corrected chi connectivity index (χ4v) is 2.13. The highest BCUT2D eigenvalue weighted by molar-refractivity contribution is 6.30. The van der Waals surface area contributed by atoms with Gasteiger partial charge in [0.15, 0.2) is 6.10 Å². The van der Waals surface area contributed by atoms with Crippen LogP contribution in [0.3, 0.4) is 0 Å². The number of aryl methyl sites for hydroxylation is 1. The third-order valence-electron chi connectivity index (χ3n) is 3.28. The van der Waals surface area contributed by atoms with E-state index in [4.69, 9.17) is 16.3 Å². The number of ether oxygens (including phenoxy) is 1. The highest BCUT2D eigenvalue weighted by Gasteiger charge is 2.27. The van der Waals surface area contributed by atoms with Crippen molar-refractivity contribution in [2.24, 2.45) is 0 Å². The summed E-state index contributed by atoms with van der Waals surface area (Å²) in [6.45, 7) is 2.90. The SMILES string of the molecule is Cc1cccc([N+](=O)[O-])c1C(=O)OC(C)C(=O)Nc1ccc(Cl)cn1. The predicted octanol–water partition coefficient (Wildman–Crippen LogP) is 3.14. The van der Waals surface area contributed by atoms with Gasteiger partial charge in [-0.25, -0.2) is 9.78 Å². The van der Waals surface area contributed by atoms with E-state index in [-0.39, 0.29) is 17.1 Å². The molecule has 0 aliphatic heterocycles. The van der Waals surface area contributed by atoms with Crippen LogP contribution in [0.15, 0.2) is 36.5 Å². The first-order chi connectivity index (χ1) is 11.8.